The maximum Gasteiger partial charge on any atom is 0.149 e. The van der Waals surface area contributed by atoms with Crippen LogP contribution >= 0.6 is 23.2 Å². The predicted octanol–water partition coefficient (Wildman–Crippen LogP) is 4.59. The van der Waals surface area contributed by atoms with Crippen LogP contribution in [-0.4, -0.2) is 13.1 Å². The van der Waals surface area contributed by atoms with Gasteiger partial charge in [-0.15, -0.1) is 0 Å². The quantitative estimate of drug-likeness (QED) is 0.833. The van der Waals surface area contributed by atoms with Crippen LogP contribution in [0.25, 0.3) is 11.0 Å². The summed E-state index contributed by atoms with van der Waals surface area (Å²) in [5.41, 5.74) is 1.11. The molecular formula is C14H14Cl2FNO. The molecule has 2 atom stereocenters. The summed E-state index contributed by atoms with van der Waals surface area (Å²) in [6, 6.07) is 1.54. The fourth-order valence-corrected chi connectivity index (χ4v) is 3.28. The van der Waals surface area contributed by atoms with Gasteiger partial charge in [0, 0.05) is 10.9 Å². The molecule has 0 saturated carbocycles. The summed E-state index contributed by atoms with van der Waals surface area (Å²) in [4.78, 5) is 0. The summed E-state index contributed by atoms with van der Waals surface area (Å²) in [5.74, 6) is 0.0531. The van der Waals surface area contributed by atoms with Gasteiger partial charge < -0.3 is 9.73 Å². The molecule has 0 radical (unpaired) electrons. The second kappa shape index (κ2) is 4.97. The molecule has 0 amide bonds. The Hall–Kier alpha value is -0.770. The molecule has 0 bridgehead atoms. The van der Waals surface area contributed by atoms with Crippen LogP contribution in [0.3, 0.4) is 0 Å². The van der Waals surface area contributed by atoms with Gasteiger partial charge in [0.2, 0.25) is 0 Å². The van der Waals surface area contributed by atoms with Gasteiger partial charge in [-0.2, -0.15) is 0 Å². The topological polar surface area (TPSA) is 25.2 Å². The molecule has 19 heavy (non-hydrogen) atoms. The van der Waals surface area contributed by atoms with Crippen molar-refractivity contribution < 1.29 is 8.81 Å². The Morgan fingerprint density at radius 2 is 2.16 bits per heavy atom. The van der Waals surface area contributed by atoms with E-state index in [0.717, 1.165) is 19.5 Å². The molecule has 3 rings (SSSR count). The number of piperidine rings is 1. The van der Waals surface area contributed by atoms with Crippen molar-refractivity contribution in [1.82, 2.24) is 5.32 Å². The SMILES string of the molecule is C[C@@H]1CNCC[C@@H]1c1c(F)c(Cl)cc2c(Cl)coc12. The fraction of sp³-hybridized carbons (Fsp3) is 0.429. The summed E-state index contributed by atoms with van der Waals surface area (Å²) in [6.45, 7) is 3.84. The van der Waals surface area contributed by atoms with E-state index < -0.39 is 0 Å². The van der Waals surface area contributed by atoms with Crippen molar-refractivity contribution in [2.75, 3.05) is 13.1 Å². The van der Waals surface area contributed by atoms with Gasteiger partial charge in [0.1, 0.15) is 17.7 Å². The summed E-state index contributed by atoms with van der Waals surface area (Å²) in [7, 11) is 0. The summed E-state index contributed by atoms with van der Waals surface area (Å²) in [5, 5.41) is 4.58. The molecule has 2 aromatic rings. The first-order valence-corrected chi connectivity index (χ1v) is 7.10. The van der Waals surface area contributed by atoms with E-state index >= 15 is 0 Å². The van der Waals surface area contributed by atoms with Crippen molar-refractivity contribution in [3.8, 4) is 0 Å². The van der Waals surface area contributed by atoms with E-state index in [-0.39, 0.29) is 16.8 Å². The van der Waals surface area contributed by atoms with Gasteiger partial charge in [-0.25, -0.2) is 4.39 Å². The molecule has 1 aromatic heterocycles. The highest BCUT2D eigenvalue weighted by Crippen LogP contribution is 2.41. The number of furan rings is 1. The Kier molecular flexibility index (Phi) is 3.46. The molecule has 2 heterocycles. The minimum atomic E-state index is -0.376. The first-order chi connectivity index (χ1) is 9.09. The second-order valence-electron chi connectivity index (χ2n) is 5.12. The predicted molar refractivity (Wildman–Crippen MR) is 75.6 cm³/mol. The van der Waals surface area contributed by atoms with E-state index in [1.807, 2.05) is 0 Å². The van der Waals surface area contributed by atoms with Gasteiger partial charge in [0.25, 0.3) is 0 Å². The zero-order chi connectivity index (χ0) is 13.6. The molecule has 0 spiro atoms. The van der Waals surface area contributed by atoms with E-state index in [4.69, 9.17) is 27.6 Å². The van der Waals surface area contributed by atoms with E-state index in [1.165, 1.54) is 12.3 Å². The highest BCUT2D eigenvalue weighted by molar-refractivity contribution is 6.37. The van der Waals surface area contributed by atoms with Gasteiger partial charge in [0.05, 0.1) is 10.0 Å². The van der Waals surface area contributed by atoms with Crippen LogP contribution in [0, 0.1) is 11.7 Å². The lowest BCUT2D eigenvalue weighted by molar-refractivity contribution is 0.341. The third kappa shape index (κ3) is 2.14. The first-order valence-electron chi connectivity index (χ1n) is 6.35. The van der Waals surface area contributed by atoms with Gasteiger partial charge in [-0.1, -0.05) is 30.1 Å². The number of hydrogen-bond acceptors (Lipinski definition) is 2. The molecule has 1 N–H and O–H groups in total. The van der Waals surface area contributed by atoms with Crippen molar-refractivity contribution in [2.24, 2.45) is 5.92 Å². The van der Waals surface area contributed by atoms with Crippen molar-refractivity contribution in [3.63, 3.8) is 0 Å². The van der Waals surface area contributed by atoms with Gasteiger partial charge in [-0.3, -0.25) is 0 Å². The normalized spacial score (nSPS) is 24.0. The Bertz CT molecular complexity index is 625. The average molecular weight is 302 g/mol. The summed E-state index contributed by atoms with van der Waals surface area (Å²) < 4.78 is 19.9. The third-order valence-corrected chi connectivity index (χ3v) is 4.47. The molecule has 1 fully saturated rings. The Balaban J connectivity index is 2.23. The van der Waals surface area contributed by atoms with Crippen molar-refractivity contribution >= 4 is 34.2 Å². The molecular weight excluding hydrogens is 288 g/mol. The van der Waals surface area contributed by atoms with Crippen LogP contribution in [0.2, 0.25) is 10.0 Å². The van der Waals surface area contributed by atoms with Gasteiger partial charge >= 0.3 is 0 Å². The van der Waals surface area contributed by atoms with Crippen molar-refractivity contribution in [1.29, 1.82) is 0 Å². The molecule has 1 aromatic carbocycles. The minimum Gasteiger partial charge on any atom is -0.462 e. The van der Waals surface area contributed by atoms with Crippen molar-refractivity contribution in [3.05, 3.63) is 33.8 Å². The van der Waals surface area contributed by atoms with E-state index in [2.05, 4.69) is 12.2 Å². The molecule has 0 aliphatic carbocycles. The third-order valence-electron chi connectivity index (χ3n) is 3.90. The van der Waals surface area contributed by atoms with E-state index in [0.29, 0.717) is 27.5 Å². The average Bonchev–Trinajstić information content (AvgIpc) is 2.74. The molecule has 1 saturated heterocycles. The second-order valence-corrected chi connectivity index (χ2v) is 5.94. The first kappa shape index (κ1) is 13.2. The largest absolute Gasteiger partial charge is 0.462 e. The Morgan fingerprint density at radius 1 is 1.37 bits per heavy atom. The molecule has 1 aliphatic heterocycles. The lowest BCUT2D eigenvalue weighted by Gasteiger charge is -2.30. The Labute approximate surface area is 120 Å². The monoisotopic (exact) mass is 301 g/mol. The summed E-state index contributed by atoms with van der Waals surface area (Å²) >= 11 is 12.1. The number of nitrogens with one attached hydrogen (secondary N) is 1. The van der Waals surface area contributed by atoms with Crippen LogP contribution in [0.5, 0.6) is 0 Å². The lowest BCUT2D eigenvalue weighted by Crippen LogP contribution is -2.34. The zero-order valence-corrected chi connectivity index (χ0v) is 12.0. The fourth-order valence-electron chi connectivity index (χ4n) is 2.88. The lowest BCUT2D eigenvalue weighted by atomic mass is 9.81. The van der Waals surface area contributed by atoms with Crippen molar-refractivity contribution in [2.45, 2.75) is 19.3 Å². The Morgan fingerprint density at radius 3 is 2.89 bits per heavy atom. The highest BCUT2D eigenvalue weighted by atomic mass is 35.5. The molecule has 5 heteroatoms. The zero-order valence-electron chi connectivity index (χ0n) is 10.5. The highest BCUT2D eigenvalue weighted by Gasteiger charge is 2.30. The van der Waals surface area contributed by atoms with E-state index in [9.17, 15) is 4.39 Å². The maximum absolute atomic E-state index is 14.4. The van der Waals surface area contributed by atoms with Crippen LogP contribution < -0.4 is 5.32 Å². The van der Waals surface area contributed by atoms with Gasteiger partial charge in [0.15, 0.2) is 0 Å². The minimum absolute atomic E-state index is 0.102. The van der Waals surface area contributed by atoms with Crippen LogP contribution in [0.15, 0.2) is 16.7 Å². The number of hydrogen-bond donors (Lipinski definition) is 1. The molecule has 102 valence electrons. The number of rotatable bonds is 1. The summed E-state index contributed by atoms with van der Waals surface area (Å²) in [6.07, 6.45) is 2.31. The molecule has 0 unspecified atom stereocenters. The van der Waals surface area contributed by atoms with Crippen LogP contribution in [0.4, 0.5) is 4.39 Å². The maximum atomic E-state index is 14.4. The standard InChI is InChI=1S/C14H14Cl2FNO/c1-7-5-18-3-2-8(7)12-13(17)10(15)4-9-11(16)6-19-14(9)12/h4,6-8,18H,2-3,5H2,1H3/t7-,8+/m1/s1. The van der Waals surface area contributed by atoms with Crippen LogP contribution in [-0.2, 0) is 0 Å². The van der Waals surface area contributed by atoms with E-state index in [1.54, 1.807) is 0 Å². The smallest absolute Gasteiger partial charge is 0.149 e. The number of halogens is 3. The van der Waals surface area contributed by atoms with Gasteiger partial charge in [-0.05, 0) is 37.4 Å². The molecule has 2 nitrogen and oxygen atoms in total. The molecule has 1 aliphatic rings. The van der Waals surface area contributed by atoms with Crippen LogP contribution in [0.1, 0.15) is 24.8 Å². The number of fused-ring (bicyclic) bond motifs is 1. The number of benzene rings is 1.